The molecule has 0 aromatic carbocycles. The quantitative estimate of drug-likeness (QED) is 0.337. The number of nitrogens with zero attached hydrogens (tertiary/aromatic N) is 2. The average Bonchev–Trinajstić information content (AvgIpc) is 2.57. The van der Waals surface area contributed by atoms with Crippen LogP contribution >= 0.6 is 0 Å². The fraction of sp³-hybridized carbons (Fsp3) is 0.947. The van der Waals surface area contributed by atoms with Crippen LogP contribution in [0.3, 0.4) is 0 Å². The summed E-state index contributed by atoms with van der Waals surface area (Å²) >= 11 is 0. The molecule has 1 fully saturated rings. The van der Waals surface area contributed by atoms with Crippen LogP contribution < -0.4 is 5.32 Å². The monoisotopic (exact) mass is 350 g/mol. The molecule has 2 amide bonds. The number of nitroso groups, excluding NO2 is 1. The highest BCUT2D eigenvalue weighted by molar-refractivity contribution is 6.43. The smallest absolute Gasteiger partial charge is 0.334 e. The number of rotatable bonds is 9. The zero-order chi connectivity index (χ0) is 19.1. The highest BCUT2D eigenvalue weighted by Crippen LogP contribution is 2.43. The maximum Gasteiger partial charge on any atom is 0.340 e. The SMILES string of the molecule is CCC(C)(C)[B]C(C)(CC)CCN(N=O)C(=O)NC1CCC(C)CC1. The van der Waals surface area contributed by atoms with Crippen LogP contribution in [-0.4, -0.2) is 30.9 Å². The first-order valence-corrected chi connectivity index (χ1v) is 9.93. The second-order valence-corrected chi connectivity index (χ2v) is 8.86. The molecule has 1 N–H and O–H groups in total. The Balaban J connectivity index is 2.55. The highest BCUT2D eigenvalue weighted by atomic mass is 16.3. The van der Waals surface area contributed by atoms with E-state index in [4.69, 9.17) is 0 Å². The molecule has 1 aliphatic carbocycles. The van der Waals surface area contributed by atoms with Gasteiger partial charge in [-0.15, -0.1) is 4.91 Å². The molecule has 1 aliphatic rings. The van der Waals surface area contributed by atoms with Gasteiger partial charge in [0.05, 0.1) is 5.29 Å². The van der Waals surface area contributed by atoms with Gasteiger partial charge in [0.15, 0.2) is 0 Å². The molecule has 25 heavy (non-hydrogen) atoms. The van der Waals surface area contributed by atoms with Gasteiger partial charge in [0.1, 0.15) is 7.28 Å². The van der Waals surface area contributed by atoms with E-state index in [1.807, 2.05) is 0 Å². The second kappa shape index (κ2) is 9.58. The normalized spacial score (nSPS) is 23.4. The van der Waals surface area contributed by atoms with E-state index in [0.29, 0.717) is 6.54 Å². The van der Waals surface area contributed by atoms with Gasteiger partial charge in [-0.1, -0.05) is 65.0 Å². The third kappa shape index (κ3) is 7.37. The molecule has 6 heteroatoms. The molecule has 1 unspecified atom stereocenters. The Kier molecular flexibility index (Phi) is 8.42. The van der Waals surface area contributed by atoms with Crippen LogP contribution in [0.1, 0.15) is 86.5 Å². The van der Waals surface area contributed by atoms with Gasteiger partial charge in [-0.2, -0.15) is 5.01 Å². The summed E-state index contributed by atoms with van der Waals surface area (Å²) in [5.41, 5.74) is 0. The maximum absolute atomic E-state index is 12.4. The third-order valence-corrected chi connectivity index (χ3v) is 6.03. The molecule has 1 radical (unpaired) electrons. The van der Waals surface area contributed by atoms with Crippen molar-refractivity contribution in [3.8, 4) is 0 Å². The Labute approximate surface area is 154 Å². The van der Waals surface area contributed by atoms with E-state index in [-0.39, 0.29) is 22.7 Å². The van der Waals surface area contributed by atoms with E-state index < -0.39 is 0 Å². The van der Waals surface area contributed by atoms with Crippen molar-refractivity contribution in [1.82, 2.24) is 10.3 Å². The molecular weight excluding hydrogens is 313 g/mol. The first kappa shape index (κ1) is 22.0. The van der Waals surface area contributed by atoms with Gasteiger partial charge in [-0.05, 0) is 38.0 Å². The third-order valence-electron chi connectivity index (χ3n) is 6.03. The minimum Gasteiger partial charge on any atom is -0.334 e. The molecule has 1 rings (SSSR count). The van der Waals surface area contributed by atoms with Crippen molar-refractivity contribution in [2.45, 2.75) is 103 Å². The Bertz CT molecular complexity index is 436. The van der Waals surface area contributed by atoms with Crippen molar-refractivity contribution in [1.29, 1.82) is 0 Å². The van der Waals surface area contributed by atoms with E-state index in [1.54, 1.807) is 0 Å². The lowest BCUT2D eigenvalue weighted by atomic mass is 9.38. The van der Waals surface area contributed by atoms with E-state index >= 15 is 0 Å². The maximum atomic E-state index is 12.4. The summed E-state index contributed by atoms with van der Waals surface area (Å²) in [5.74, 6) is 0.733. The van der Waals surface area contributed by atoms with Crippen LogP contribution in [0, 0.1) is 10.8 Å². The number of carbonyl (C=O) groups excluding carboxylic acids is 1. The fourth-order valence-corrected chi connectivity index (χ4v) is 3.59. The largest absolute Gasteiger partial charge is 0.340 e. The summed E-state index contributed by atoms with van der Waals surface area (Å²) in [6, 6.07) is -0.168. The topological polar surface area (TPSA) is 61.8 Å². The molecule has 0 aromatic rings. The van der Waals surface area contributed by atoms with Crippen molar-refractivity contribution in [2.24, 2.45) is 11.2 Å². The van der Waals surface area contributed by atoms with Crippen molar-refractivity contribution >= 4 is 13.3 Å². The average molecular weight is 350 g/mol. The summed E-state index contributed by atoms with van der Waals surface area (Å²) in [4.78, 5) is 23.6. The van der Waals surface area contributed by atoms with Crippen LogP contribution in [0.25, 0.3) is 0 Å². The summed E-state index contributed by atoms with van der Waals surface area (Å²) in [6.45, 7) is 13.6. The van der Waals surface area contributed by atoms with Crippen molar-refractivity contribution in [3.05, 3.63) is 4.91 Å². The molecule has 0 aromatic heterocycles. The van der Waals surface area contributed by atoms with Gasteiger partial charge in [-0.3, -0.25) is 0 Å². The number of hydrogen-bond donors (Lipinski definition) is 1. The Morgan fingerprint density at radius 1 is 1.16 bits per heavy atom. The summed E-state index contributed by atoms with van der Waals surface area (Å²) < 4.78 is 0. The number of hydrogen-bond acceptors (Lipinski definition) is 3. The van der Waals surface area contributed by atoms with Crippen molar-refractivity contribution < 1.29 is 4.79 Å². The summed E-state index contributed by atoms with van der Waals surface area (Å²) in [7, 11) is 2.38. The number of amides is 2. The predicted molar refractivity (Wildman–Crippen MR) is 106 cm³/mol. The summed E-state index contributed by atoms with van der Waals surface area (Å²) in [6.07, 6.45) is 7.04. The molecule has 0 spiro atoms. The lowest BCUT2D eigenvalue weighted by molar-refractivity contribution is 0.185. The first-order chi connectivity index (χ1) is 11.6. The van der Waals surface area contributed by atoms with Crippen LogP contribution in [0.15, 0.2) is 5.29 Å². The number of urea groups is 1. The number of nitrogens with one attached hydrogen (secondary N) is 1. The van der Waals surface area contributed by atoms with Gasteiger partial charge in [-0.25, -0.2) is 4.79 Å². The molecule has 143 valence electrons. The highest BCUT2D eigenvalue weighted by Gasteiger charge is 2.33. The van der Waals surface area contributed by atoms with Gasteiger partial charge in [0, 0.05) is 12.6 Å². The van der Waals surface area contributed by atoms with Crippen LogP contribution in [-0.2, 0) is 0 Å². The van der Waals surface area contributed by atoms with Gasteiger partial charge in [0.25, 0.3) is 0 Å². The molecular formula is C19H37BN3O2. The van der Waals surface area contributed by atoms with E-state index in [2.05, 4.69) is 59.4 Å². The van der Waals surface area contributed by atoms with Crippen LogP contribution in [0.4, 0.5) is 4.79 Å². The fourth-order valence-electron chi connectivity index (χ4n) is 3.59. The molecule has 0 aliphatic heterocycles. The molecule has 1 atom stereocenters. The van der Waals surface area contributed by atoms with Gasteiger partial charge in [0.2, 0.25) is 0 Å². The predicted octanol–water partition coefficient (Wildman–Crippen LogP) is 5.55. The lowest BCUT2D eigenvalue weighted by Crippen LogP contribution is -2.44. The standard InChI is InChI=1S/C19H37BN3O2/c1-7-18(4,5)20-19(6,8-2)13-14-23(22-25)17(24)21-16-11-9-15(3)10-12-16/h15-16H,7-14H2,1-6H3,(H,21,24). The van der Waals surface area contributed by atoms with Crippen LogP contribution in [0.5, 0.6) is 0 Å². The van der Waals surface area contributed by atoms with E-state index in [9.17, 15) is 9.70 Å². The molecule has 0 saturated heterocycles. The van der Waals surface area contributed by atoms with Gasteiger partial charge >= 0.3 is 6.03 Å². The number of carbonyl (C=O) groups is 1. The molecule has 0 bridgehead atoms. The molecule has 0 heterocycles. The van der Waals surface area contributed by atoms with Crippen molar-refractivity contribution in [2.75, 3.05) is 6.54 Å². The lowest BCUT2D eigenvalue weighted by Gasteiger charge is -2.36. The van der Waals surface area contributed by atoms with E-state index in [1.165, 1.54) is 0 Å². The summed E-state index contributed by atoms with van der Waals surface area (Å²) in [5, 5.41) is 7.17. The van der Waals surface area contributed by atoms with Gasteiger partial charge < -0.3 is 5.32 Å². The molecule has 1 saturated carbocycles. The first-order valence-electron chi connectivity index (χ1n) is 9.93. The zero-order valence-electron chi connectivity index (χ0n) is 17.1. The minimum atomic E-state index is -0.345. The second-order valence-electron chi connectivity index (χ2n) is 8.86. The Morgan fingerprint density at radius 3 is 2.24 bits per heavy atom. The Morgan fingerprint density at radius 2 is 1.76 bits per heavy atom. The van der Waals surface area contributed by atoms with Crippen LogP contribution in [0.2, 0.25) is 10.6 Å². The van der Waals surface area contributed by atoms with E-state index in [0.717, 1.165) is 55.9 Å². The Hall–Kier alpha value is -1.07. The molecule has 5 nitrogen and oxygen atoms in total. The van der Waals surface area contributed by atoms with Crippen molar-refractivity contribution in [3.63, 3.8) is 0 Å². The zero-order valence-corrected chi connectivity index (χ0v) is 17.1. The minimum absolute atomic E-state index is 0.0109.